The van der Waals surface area contributed by atoms with E-state index < -0.39 is 0 Å². The summed E-state index contributed by atoms with van der Waals surface area (Å²) in [6, 6.07) is 25.6. The molecule has 4 rings (SSSR count). The van der Waals surface area contributed by atoms with Gasteiger partial charge in [0.2, 0.25) is 0 Å². The van der Waals surface area contributed by atoms with Crippen molar-refractivity contribution >= 4 is 23.1 Å². The minimum Gasteiger partial charge on any atom is -0.295 e. The van der Waals surface area contributed by atoms with Gasteiger partial charge >= 0.3 is 0 Å². The first-order valence-corrected chi connectivity index (χ1v) is 9.58. The summed E-state index contributed by atoms with van der Waals surface area (Å²) in [6.07, 6.45) is 5.99. The molecule has 27 heavy (non-hydrogen) atoms. The summed E-state index contributed by atoms with van der Waals surface area (Å²) in [6.45, 7) is 5.04. The van der Waals surface area contributed by atoms with E-state index in [-0.39, 0.29) is 0 Å². The van der Waals surface area contributed by atoms with Crippen LogP contribution < -0.4 is 0 Å². The summed E-state index contributed by atoms with van der Waals surface area (Å²) >= 11 is 0. The molecule has 1 aliphatic heterocycles. The highest BCUT2D eigenvalue weighted by Crippen LogP contribution is 2.20. The number of benzene rings is 3. The Labute approximate surface area is 161 Å². The van der Waals surface area contributed by atoms with Crippen LogP contribution in [-0.4, -0.2) is 42.3 Å². The van der Waals surface area contributed by atoms with Gasteiger partial charge in [0.15, 0.2) is 0 Å². The molecule has 0 amide bonds. The first kappa shape index (κ1) is 17.5. The van der Waals surface area contributed by atoms with E-state index in [9.17, 15) is 0 Å². The summed E-state index contributed by atoms with van der Waals surface area (Å²) in [5.74, 6) is 0. The molecular formula is C24H25N3. The number of allylic oxidation sites excluding steroid dienone is 1. The van der Waals surface area contributed by atoms with Gasteiger partial charge in [-0.25, -0.2) is 0 Å². The predicted octanol–water partition coefficient (Wildman–Crippen LogP) is 4.66. The molecule has 0 bridgehead atoms. The maximum Gasteiger partial charge on any atom is 0.0488 e. The third-order valence-corrected chi connectivity index (χ3v) is 5.03. The summed E-state index contributed by atoms with van der Waals surface area (Å²) in [5, 5.41) is 9.44. The smallest absolute Gasteiger partial charge is 0.0488 e. The second-order valence-electron chi connectivity index (χ2n) is 6.90. The number of piperazine rings is 1. The largest absolute Gasteiger partial charge is 0.295 e. The zero-order valence-corrected chi connectivity index (χ0v) is 15.5. The van der Waals surface area contributed by atoms with Gasteiger partial charge in [-0.3, -0.25) is 9.91 Å². The van der Waals surface area contributed by atoms with Crippen molar-refractivity contribution in [2.75, 3.05) is 26.2 Å². The molecular weight excluding hydrogens is 330 g/mol. The highest BCUT2D eigenvalue weighted by Gasteiger charge is 2.16. The summed E-state index contributed by atoms with van der Waals surface area (Å²) < 4.78 is 0. The van der Waals surface area contributed by atoms with Crippen molar-refractivity contribution in [1.82, 2.24) is 9.91 Å². The van der Waals surface area contributed by atoms with Crippen molar-refractivity contribution in [3.8, 4) is 0 Å². The first-order valence-electron chi connectivity index (χ1n) is 9.58. The molecule has 0 atom stereocenters. The molecule has 1 heterocycles. The Morgan fingerprint density at radius 3 is 2.37 bits per heavy atom. The average Bonchev–Trinajstić information content (AvgIpc) is 2.73. The van der Waals surface area contributed by atoms with Gasteiger partial charge in [0.05, 0.1) is 0 Å². The SMILES string of the molecule is C(=C\c1ccccc1)/C=N/N1CCN(Cc2cccc3ccccc23)CC1. The van der Waals surface area contributed by atoms with Gasteiger partial charge in [-0.1, -0.05) is 78.9 Å². The molecule has 3 nitrogen and oxygen atoms in total. The van der Waals surface area contributed by atoms with Crippen molar-refractivity contribution in [2.45, 2.75) is 6.54 Å². The maximum absolute atomic E-state index is 4.58. The molecule has 3 heteroatoms. The second-order valence-corrected chi connectivity index (χ2v) is 6.90. The van der Waals surface area contributed by atoms with Gasteiger partial charge in [0, 0.05) is 38.9 Å². The van der Waals surface area contributed by atoms with Crippen molar-refractivity contribution < 1.29 is 0 Å². The van der Waals surface area contributed by atoms with Gasteiger partial charge in [-0.05, 0) is 28.0 Å². The fraction of sp³-hybridized carbons (Fsp3) is 0.208. The average molecular weight is 355 g/mol. The standard InChI is InChI=1S/C24H25N3/c1-2-8-21(9-3-1)10-7-15-25-27-18-16-26(17-19-27)20-23-13-6-12-22-11-4-5-14-24(22)23/h1-15H,16-20H2/b10-7+,25-15+. The summed E-state index contributed by atoms with van der Waals surface area (Å²) in [5.41, 5.74) is 2.61. The van der Waals surface area contributed by atoms with Crippen molar-refractivity contribution in [3.05, 3.63) is 90.0 Å². The van der Waals surface area contributed by atoms with Gasteiger partial charge in [-0.15, -0.1) is 0 Å². The molecule has 136 valence electrons. The molecule has 0 radical (unpaired) electrons. The van der Waals surface area contributed by atoms with Crippen LogP contribution in [0.2, 0.25) is 0 Å². The van der Waals surface area contributed by atoms with Gasteiger partial charge < -0.3 is 0 Å². The van der Waals surface area contributed by atoms with E-state index in [2.05, 4.69) is 75.7 Å². The maximum atomic E-state index is 4.58. The van der Waals surface area contributed by atoms with E-state index in [0.717, 1.165) is 32.7 Å². The third-order valence-electron chi connectivity index (χ3n) is 5.03. The Morgan fingerprint density at radius 1 is 0.778 bits per heavy atom. The van der Waals surface area contributed by atoms with E-state index in [4.69, 9.17) is 0 Å². The van der Waals surface area contributed by atoms with Crippen molar-refractivity contribution in [3.63, 3.8) is 0 Å². The quantitative estimate of drug-likeness (QED) is 0.620. The highest BCUT2D eigenvalue weighted by molar-refractivity contribution is 5.85. The summed E-state index contributed by atoms with van der Waals surface area (Å²) in [4.78, 5) is 2.52. The van der Waals surface area contributed by atoms with Crippen LogP contribution in [0.5, 0.6) is 0 Å². The Balaban J connectivity index is 1.30. The first-order chi connectivity index (χ1) is 13.4. The predicted molar refractivity (Wildman–Crippen MR) is 115 cm³/mol. The highest BCUT2D eigenvalue weighted by atomic mass is 15.5. The molecule has 0 aromatic heterocycles. The van der Waals surface area contributed by atoms with Crippen LogP contribution in [0, 0.1) is 0 Å². The van der Waals surface area contributed by atoms with Crippen LogP contribution >= 0.6 is 0 Å². The number of fused-ring (bicyclic) bond motifs is 1. The van der Waals surface area contributed by atoms with E-state index in [0.29, 0.717) is 0 Å². The molecule has 1 fully saturated rings. The molecule has 1 saturated heterocycles. The molecule has 3 aromatic carbocycles. The lowest BCUT2D eigenvalue weighted by Gasteiger charge is -2.33. The zero-order chi connectivity index (χ0) is 18.3. The van der Waals surface area contributed by atoms with Crippen LogP contribution in [0.1, 0.15) is 11.1 Å². The van der Waals surface area contributed by atoms with Crippen LogP contribution in [0.4, 0.5) is 0 Å². The minimum absolute atomic E-state index is 0.973. The van der Waals surface area contributed by atoms with E-state index in [1.807, 2.05) is 30.5 Å². The Bertz CT molecular complexity index is 917. The van der Waals surface area contributed by atoms with Gasteiger partial charge in [0.1, 0.15) is 0 Å². The van der Waals surface area contributed by atoms with E-state index in [1.54, 1.807) is 0 Å². The topological polar surface area (TPSA) is 18.8 Å². The molecule has 0 N–H and O–H groups in total. The van der Waals surface area contributed by atoms with Crippen LogP contribution in [0.15, 0.2) is 84.0 Å². The fourth-order valence-electron chi connectivity index (χ4n) is 3.53. The lowest BCUT2D eigenvalue weighted by molar-refractivity contribution is 0.131. The number of hydrogen-bond acceptors (Lipinski definition) is 3. The zero-order valence-electron chi connectivity index (χ0n) is 15.5. The molecule has 0 unspecified atom stereocenters. The number of hydrogen-bond donors (Lipinski definition) is 0. The number of nitrogens with zero attached hydrogens (tertiary/aromatic N) is 3. The lowest BCUT2D eigenvalue weighted by Crippen LogP contribution is -2.43. The number of rotatable bonds is 5. The van der Waals surface area contributed by atoms with Crippen LogP contribution in [0.3, 0.4) is 0 Å². The van der Waals surface area contributed by atoms with Crippen molar-refractivity contribution in [2.24, 2.45) is 5.10 Å². The minimum atomic E-state index is 0.973. The van der Waals surface area contributed by atoms with Gasteiger partial charge in [0.25, 0.3) is 0 Å². The monoisotopic (exact) mass is 355 g/mol. The Hall–Kier alpha value is -2.91. The molecule has 0 aliphatic carbocycles. The molecule has 0 saturated carbocycles. The van der Waals surface area contributed by atoms with E-state index in [1.165, 1.54) is 21.9 Å². The normalized spacial score (nSPS) is 15.9. The Kier molecular flexibility index (Phi) is 5.61. The summed E-state index contributed by atoms with van der Waals surface area (Å²) in [7, 11) is 0. The van der Waals surface area contributed by atoms with Crippen LogP contribution in [-0.2, 0) is 6.54 Å². The van der Waals surface area contributed by atoms with Crippen LogP contribution in [0.25, 0.3) is 16.8 Å². The lowest BCUT2D eigenvalue weighted by atomic mass is 10.0. The third kappa shape index (κ3) is 4.63. The molecule has 1 aliphatic rings. The second kappa shape index (κ2) is 8.65. The number of hydrazone groups is 1. The molecule has 3 aromatic rings. The van der Waals surface area contributed by atoms with Gasteiger partial charge in [-0.2, -0.15) is 5.10 Å². The Morgan fingerprint density at radius 2 is 1.52 bits per heavy atom. The fourth-order valence-corrected chi connectivity index (χ4v) is 3.53. The molecule has 0 spiro atoms. The van der Waals surface area contributed by atoms with E-state index >= 15 is 0 Å². The van der Waals surface area contributed by atoms with Crippen molar-refractivity contribution in [1.29, 1.82) is 0 Å².